The van der Waals surface area contributed by atoms with Crippen molar-refractivity contribution in [2.45, 2.75) is 45.1 Å². The van der Waals surface area contributed by atoms with E-state index in [2.05, 4.69) is 10.6 Å². The average molecular weight is 283 g/mol. The number of carbonyl (C=O) groups excluding carboxylic acids is 1. The van der Waals surface area contributed by atoms with Crippen LogP contribution in [0.25, 0.3) is 0 Å². The first-order valence-corrected chi connectivity index (χ1v) is 7.57. The number of hydrogen-bond donors (Lipinski definition) is 3. The lowest BCUT2D eigenvalue weighted by molar-refractivity contribution is -0.153. The second-order valence-corrected chi connectivity index (χ2v) is 5.86. The fourth-order valence-electron chi connectivity index (χ4n) is 3.10. The molecular formula is C14H25N3O3. The maximum absolute atomic E-state index is 12.3. The monoisotopic (exact) mass is 283 g/mol. The van der Waals surface area contributed by atoms with Crippen LogP contribution in [-0.4, -0.2) is 54.2 Å². The van der Waals surface area contributed by atoms with Gasteiger partial charge in [-0.15, -0.1) is 0 Å². The van der Waals surface area contributed by atoms with Crippen molar-refractivity contribution >= 4 is 12.0 Å². The highest BCUT2D eigenvalue weighted by molar-refractivity contribution is 5.79. The van der Waals surface area contributed by atoms with Crippen molar-refractivity contribution in [1.29, 1.82) is 0 Å². The molecule has 20 heavy (non-hydrogen) atoms. The molecule has 0 unspecified atom stereocenters. The van der Waals surface area contributed by atoms with Crippen LogP contribution < -0.4 is 10.6 Å². The van der Waals surface area contributed by atoms with E-state index >= 15 is 0 Å². The average Bonchev–Trinajstić information content (AvgIpc) is 2.39. The predicted octanol–water partition coefficient (Wildman–Crippen LogP) is 1.02. The van der Waals surface area contributed by atoms with Crippen molar-refractivity contribution in [2.75, 3.05) is 26.2 Å². The van der Waals surface area contributed by atoms with Crippen LogP contribution in [0.3, 0.4) is 0 Å². The molecular weight excluding hydrogens is 258 g/mol. The molecule has 2 fully saturated rings. The third-order valence-electron chi connectivity index (χ3n) is 4.69. The number of carboxylic acid groups (broad SMARTS) is 1. The van der Waals surface area contributed by atoms with Gasteiger partial charge < -0.3 is 20.6 Å². The SMILES string of the molecule is CCN(C(=O)NCC1(C(=O)O)CCC1)C1CCNCC1. The molecule has 0 radical (unpaired) electrons. The lowest BCUT2D eigenvalue weighted by Crippen LogP contribution is -2.54. The van der Waals surface area contributed by atoms with Gasteiger partial charge in [0, 0.05) is 19.1 Å². The molecule has 0 bridgehead atoms. The molecule has 114 valence electrons. The third-order valence-corrected chi connectivity index (χ3v) is 4.69. The summed E-state index contributed by atoms with van der Waals surface area (Å²) in [7, 11) is 0. The van der Waals surface area contributed by atoms with Gasteiger partial charge in [0.25, 0.3) is 0 Å². The summed E-state index contributed by atoms with van der Waals surface area (Å²) in [4.78, 5) is 25.4. The number of amides is 2. The molecule has 1 heterocycles. The van der Waals surface area contributed by atoms with Crippen molar-refractivity contribution in [3.05, 3.63) is 0 Å². The summed E-state index contributed by atoms with van der Waals surface area (Å²) in [6.07, 6.45) is 4.20. The number of piperidine rings is 1. The van der Waals surface area contributed by atoms with E-state index in [9.17, 15) is 14.7 Å². The van der Waals surface area contributed by atoms with Crippen molar-refractivity contribution in [3.8, 4) is 0 Å². The molecule has 0 aromatic carbocycles. The fourth-order valence-corrected chi connectivity index (χ4v) is 3.10. The van der Waals surface area contributed by atoms with Gasteiger partial charge in [0.15, 0.2) is 0 Å². The van der Waals surface area contributed by atoms with Gasteiger partial charge in [-0.05, 0) is 45.7 Å². The van der Waals surface area contributed by atoms with Gasteiger partial charge in [0.05, 0.1) is 5.41 Å². The van der Waals surface area contributed by atoms with Crippen LogP contribution in [-0.2, 0) is 4.79 Å². The third kappa shape index (κ3) is 3.06. The van der Waals surface area contributed by atoms with E-state index in [0.717, 1.165) is 32.4 Å². The summed E-state index contributed by atoms with van der Waals surface area (Å²) < 4.78 is 0. The molecule has 1 saturated heterocycles. The quantitative estimate of drug-likeness (QED) is 0.704. The Morgan fingerprint density at radius 3 is 2.45 bits per heavy atom. The van der Waals surface area contributed by atoms with Crippen LogP contribution in [0.1, 0.15) is 39.0 Å². The highest BCUT2D eigenvalue weighted by Gasteiger charge is 2.44. The minimum Gasteiger partial charge on any atom is -0.481 e. The molecule has 0 aromatic heterocycles. The van der Waals surface area contributed by atoms with Gasteiger partial charge in [-0.2, -0.15) is 0 Å². The number of carboxylic acids is 1. The van der Waals surface area contributed by atoms with Gasteiger partial charge in [0.1, 0.15) is 0 Å². The molecule has 2 amide bonds. The smallest absolute Gasteiger partial charge is 0.317 e. The van der Waals surface area contributed by atoms with Gasteiger partial charge in [-0.25, -0.2) is 4.79 Å². The maximum atomic E-state index is 12.3. The van der Waals surface area contributed by atoms with Crippen LogP contribution in [0.4, 0.5) is 4.79 Å². The van der Waals surface area contributed by atoms with E-state index in [-0.39, 0.29) is 18.6 Å². The number of urea groups is 1. The Bertz CT molecular complexity index is 363. The van der Waals surface area contributed by atoms with E-state index in [1.165, 1.54) is 0 Å². The van der Waals surface area contributed by atoms with Crippen molar-refractivity contribution < 1.29 is 14.7 Å². The molecule has 2 aliphatic rings. The Morgan fingerprint density at radius 1 is 1.35 bits per heavy atom. The normalized spacial score (nSPS) is 21.9. The Balaban J connectivity index is 1.87. The molecule has 1 aliphatic heterocycles. The topological polar surface area (TPSA) is 81.7 Å². The van der Waals surface area contributed by atoms with Crippen molar-refractivity contribution in [1.82, 2.24) is 15.5 Å². The van der Waals surface area contributed by atoms with Crippen LogP contribution in [0.5, 0.6) is 0 Å². The highest BCUT2D eigenvalue weighted by atomic mass is 16.4. The Morgan fingerprint density at radius 2 is 2.00 bits per heavy atom. The number of hydrogen-bond acceptors (Lipinski definition) is 3. The Labute approximate surface area is 119 Å². The van der Waals surface area contributed by atoms with E-state index in [1.54, 1.807) is 0 Å². The number of carbonyl (C=O) groups is 2. The summed E-state index contributed by atoms with van der Waals surface area (Å²) in [6, 6.07) is 0.148. The molecule has 2 rings (SSSR count). The summed E-state index contributed by atoms with van der Waals surface area (Å²) in [5.41, 5.74) is -0.719. The zero-order valence-electron chi connectivity index (χ0n) is 12.2. The Hall–Kier alpha value is -1.30. The zero-order valence-corrected chi connectivity index (χ0v) is 12.2. The number of aliphatic carboxylic acids is 1. The number of nitrogens with zero attached hydrogens (tertiary/aromatic N) is 1. The minimum absolute atomic E-state index is 0.119. The summed E-state index contributed by atoms with van der Waals surface area (Å²) in [5.74, 6) is -0.783. The second-order valence-electron chi connectivity index (χ2n) is 5.86. The van der Waals surface area contributed by atoms with E-state index < -0.39 is 11.4 Å². The van der Waals surface area contributed by atoms with E-state index in [0.29, 0.717) is 19.4 Å². The van der Waals surface area contributed by atoms with Gasteiger partial charge in [-0.3, -0.25) is 4.79 Å². The standard InChI is InChI=1S/C14H25N3O3/c1-2-17(11-4-8-15-9-5-11)13(20)16-10-14(12(18)19)6-3-7-14/h11,15H,2-10H2,1H3,(H,16,20)(H,18,19). The molecule has 6 heteroatoms. The van der Waals surface area contributed by atoms with Gasteiger partial charge in [0.2, 0.25) is 0 Å². The van der Waals surface area contributed by atoms with Crippen LogP contribution in [0.2, 0.25) is 0 Å². The van der Waals surface area contributed by atoms with Gasteiger partial charge >= 0.3 is 12.0 Å². The number of nitrogens with one attached hydrogen (secondary N) is 2. The maximum Gasteiger partial charge on any atom is 0.317 e. The van der Waals surface area contributed by atoms with E-state index in [4.69, 9.17) is 0 Å². The fraction of sp³-hybridized carbons (Fsp3) is 0.857. The lowest BCUT2D eigenvalue weighted by atomic mass is 9.69. The molecule has 6 nitrogen and oxygen atoms in total. The first-order valence-electron chi connectivity index (χ1n) is 7.57. The van der Waals surface area contributed by atoms with Crippen LogP contribution >= 0.6 is 0 Å². The molecule has 1 saturated carbocycles. The minimum atomic E-state index is -0.783. The first-order chi connectivity index (χ1) is 9.59. The largest absolute Gasteiger partial charge is 0.481 e. The highest BCUT2D eigenvalue weighted by Crippen LogP contribution is 2.40. The van der Waals surface area contributed by atoms with Crippen molar-refractivity contribution in [3.63, 3.8) is 0 Å². The molecule has 0 aromatic rings. The zero-order chi connectivity index (χ0) is 14.6. The number of rotatable bonds is 5. The lowest BCUT2D eigenvalue weighted by Gasteiger charge is -2.39. The van der Waals surface area contributed by atoms with Gasteiger partial charge in [-0.1, -0.05) is 6.42 Å². The van der Waals surface area contributed by atoms with Crippen LogP contribution in [0.15, 0.2) is 0 Å². The van der Waals surface area contributed by atoms with Crippen molar-refractivity contribution in [2.24, 2.45) is 5.41 Å². The molecule has 0 atom stereocenters. The molecule has 1 aliphatic carbocycles. The second kappa shape index (κ2) is 6.43. The summed E-state index contributed by atoms with van der Waals surface area (Å²) in [6.45, 7) is 4.76. The van der Waals surface area contributed by atoms with E-state index in [1.807, 2.05) is 11.8 Å². The molecule has 3 N–H and O–H groups in total. The Kier molecular flexibility index (Phi) is 4.86. The summed E-state index contributed by atoms with van der Waals surface area (Å²) >= 11 is 0. The molecule has 0 spiro atoms. The predicted molar refractivity (Wildman–Crippen MR) is 75.6 cm³/mol. The van der Waals surface area contributed by atoms with Crippen LogP contribution in [0, 0.1) is 5.41 Å². The summed E-state index contributed by atoms with van der Waals surface area (Å²) in [5, 5.41) is 15.4. The first kappa shape index (κ1) is 15.1.